The normalized spacial score (nSPS) is 28.8. The predicted molar refractivity (Wildman–Crippen MR) is 135 cm³/mol. The molecule has 4 atom stereocenters. The van der Waals surface area contributed by atoms with E-state index >= 15 is 4.39 Å². The van der Waals surface area contributed by atoms with E-state index in [1.807, 2.05) is 11.8 Å². The fourth-order valence-corrected chi connectivity index (χ4v) is 6.05. The lowest BCUT2D eigenvalue weighted by atomic mass is 9.82. The summed E-state index contributed by atoms with van der Waals surface area (Å²) in [6, 6.07) is 6.14. The van der Waals surface area contributed by atoms with Crippen LogP contribution in [0.1, 0.15) is 46.0 Å². The van der Waals surface area contributed by atoms with Gasteiger partial charge in [-0.3, -0.25) is 0 Å². The molecule has 6 rings (SSSR count). The molecule has 37 heavy (non-hydrogen) atoms. The van der Waals surface area contributed by atoms with Crippen molar-refractivity contribution in [3.8, 4) is 34.0 Å². The number of rotatable bonds is 6. The van der Waals surface area contributed by atoms with Crippen LogP contribution in [-0.4, -0.2) is 61.7 Å². The number of alkyl halides is 1. The zero-order chi connectivity index (χ0) is 25.9. The van der Waals surface area contributed by atoms with Gasteiger partial charge in [-0.1, -0.05) is 6.07 Å². The summed E-state index contributed by atoms with van der Waals surface area (Å²) in [6.45, 7) is 4.15. The van der Waals surface area contributed by atoms with Gasteiger partial charge in [0.15, 0.2) is 5.82 Å². The van der Waals surface area contributed by atoms with Gasteiger partial charge in [0.2, 0.25) is 11.8 Å². The third-order valence-electron chi connectivity index (χ3n) is 8.08. The van der Waals surface area contributed by atoms with Gasteiger partial charge in [0.25, 0.3) is 0 Å². The Balaban J connectivity index is 1.27. The smallest absolute Gasteiger partial charge is 0.250 e. The molecule has 2 aliphatic heterocycles. The Kier molecular flexibility index (Phi) is 5.56. The second kappa shape index (κ2) is 8.58. The number of piperidine rings is 1. The minimum Gasteiger partial charge on any atom is -0.507 e. The van der Waals surface area contributed by atoms with Gasteiger partial charge in [0.05, 0.1) is 19.3 Å². The Hall–Kier alpha value is -3.40. The summed E-state index contributed by atoms with van der Waals surface area (Å²) in [4.78, 5) is 10.6. The fourth-order valence-electron chi connectivity index (χ4n) is 6.05. The molecule has 1 saturated carbocycles. The molecule has 3 aromatic rings. The number of methoxy groups -OCH3 is 1. The SMILES string of the molecule is COc1ncc(-c2ccc(-c3cnc(N(C4CC4)[C@@H]4C[C@@]5(C)CC[C@](C)(N5)[C@@H]4F)nn3)c(O)c2)cc1F. The van der Waals surface area contributed by atoms with Crippen LogP contribution < -0.4 is 15.0 Å². The number of aromatic hydroxyl groups is 1. The van der Waals surface area contributed by atoms with Crippen molar-refractivity contribution in [1.29, 1.82) is 0 Å². The molecule has 2 bridgehead atoms. The average Bonchev–Trinajstić information content (AvgIpc) is 3.67. The van der Waals surface area contributed by atoms with Crippen molar-refractivity contribution in [2.75, 3.05) is 12.0 Å². The van der Waals surface area contributed by atoms with Gasteiger partial charge in [0.1, 0.15) is 17.6 Å². The lowest BCUT2D eigenvalue weighted by Crippen LogP contribution is -2.66. The third-order valence-corrected chi connectivity index (χ3v) is 8.08. The molecule has 0 radical (unpaired) electrons. The first kappa shape index (κ1) is 24.0. The minimum atomic E-state index is -1.04. The van der Waals surface area contributed by atoms with Crippen molar-refractivity contribution < 1.29 is 18.6 Å². The van der Waals surface area contributed by atoms with E-state index in [0.29, 0.717) is 34.8 Å². The zero-order valence-electron chi connectivity index (χ0n) is 21.1. The number of phenolic OH excluding ortho intramolecular Hbond substituents is 1. The van der Waals surface area contributed by atoms with Crippen molar-refractivity contribution >= 4 is 5.95 Å². The molecule has 2 N–H and O–H groups in total. The maximum absolute atomic E-state index is 15.8. The van der Waals surface area contributed by atoms with Crippen molar-refractivity contribution in [2.24, 2.45) is 0 Å². The van der Waals surface area contributed by atoms with Crippen LogP contribution in [0.15, 0.2) is 36.7 Å². The topological polar surface area (TPSA) is 96.3 Å². The molecule has 10 heteroatoms. The Morgan fingerprint density at radius 1 is 1.08 bits per heavy atom. The number of fused-ring (bicyclic) bond motifs is 2. The van der Waals surface area contributed by atoms with Gasteiger partial charge in [0, 0.05) is 34.4 Å². The summed E-state index contributed by atoms with van der Waals surface area (Å²) in [7, 11) is 1.35. The van der Waals surface area contributed by atoms with E-state index in [-0.39, 0.29) is 29.3 Å². The molecule has 4 heterocycles. The lowest BCUT2D eigenvalue weighted by molar-refractivity contribution is 0.0828. The second-order valence-electron chi connectivity index (χ2n) is 11.0. The molecule has 1 aromatic carbocycles. The predicted octanol–water partition coefficient (Wildman–Crippen LogP) is 4.43. The van der Waals surface area contributed by atoms with Crippen LogP contribution in [0.25, 0.3) is 22.4 Å². The summed E-state index contributed by atoms with van der Waals surface area (Å²) in [5.74, 6) is -0.306. The zero-order valence-corrected chi connectivity index (χ0v) is 21.1. The highest BCUT2D eigenvalue weighted by atomic mass is 19.1. The number of nitrogens with one attached hydrogen (secondary N) is 1. The highest BCUT2D eigenvalue weighted by Crippen LogP contribution is 2.47. The maximum Gasteiger partial charge on any atom is 0.250 e. The van der Waals surface area contributed by atoms with Crippen LogP contribution in [0.5, 0.6) is 11.6 Å². The maximum atomic E-state index is 15.8. The van der Waals surface area contributed by atoms with Crippen molar-refractivity contribution in [2.45, 2.75) is 75.3 Å². The highest BCUT2D eigenvalue weighted by Gasteiger charge is 2.58. The molecular formula is C27H30F2N6O2. The van der Waals surface area contributed by atoms with Crippen LogP contribution in [-0.2, 0) is 0 Å². The number of benzene rings is 1. The number of phenols is 1. The second-order valence-corrected chi connectivity index (χ2v) is 11.0. The first-order valence-corrected chi connectivity index (χ1v) is 12.6. The Morgan fingerprint density at radius 2 is 1.89 bits per heavy atom. The number of hydrogen-bond donors (Lipinski definition) is 2. The Labute approximate surface area is 214 Å². The first-order valence-electron chi connectivity index (χ1n) is 12.6. The van der Waals surface area contributed by atoms with E-state index < -0.39 is 17.5 Å². The van der Waals surface area contributed by atoms with Gasteiger partial charge >= 0.3 is 0 Å². The summed E-state index contributed by atoms with van der Waals surface area (Å²) in [5, 5.41) is 23.0. The largest absolute Gasteiger partial charge is 0.507 e. The summed E-state index contributed by atoms with van der Waals surface area (Å²) in [6.07, 6.45) is 6.42. The number of ether oxygens (including phenoxy) is 1. The van der Waals surface area contributed by atoms with Crippen molar-refractivity contribution in [3.05, 3.63) is 42.5 Å². The molecule has 0 unspecified atom stereocenters. The van der Waals surface area contributed by atoms with Crippen LogP contribution >= 0.6 is 0 Å². The van der Waals surface area contributed by atoms with Crippen molar-refractivity contribution in [3.63, 3.8) is 0 Å². The molecular weight excluding hydrogens is 478 g/mol. The minimum absolute atomic E-state index is 0.0452. The molecule has 3 fully saturated rings. The van der Waals surface area contributed by atoms with Crippen LogP contribution in [0, 0.1) is 5.82 Å². The first-order chi connectivity index (χ1) is 17.7. The summed E-state index contributed by atoms with van der Waals surface area (Å²) >= 11 is 0. The monoisotopic (exact) mass is 508 g/mol. The number of hydrogen-bond acceptors (Lipinski definition) is 8. The lowest BCUT2D eigenvalue weighted by Gasteiger charge is -2.48. The average molecular weight is 509 g/mol. The molecule has 1 aliphatic carbocycles. The highest BCUT2D eigenvalue weighted by molar-refractivity contribution is 5.73. The molecule has 3 aliphatic rings. The summed E-state index contributed by atoms with van der Waals surface area (Å²) < 4.78 is 34.8. The van der Waals surface area contributed by atoms with E-state index in [0.717, 1.165) is 25.7 Å². The van der Waals surface area contributed by atoms with E-state index in [9.17, 15) is 9.50 Å². The third kappa shape index (κ3) is 4.17. The van der Waals surface area contributed by atoms with Gasteiger partial charge in [-0.05, 0) is 69.7 Å². The van der Waals surface area contributed by atoms with Gasteiger partial charge in [-0.25, -0.2) is 18.7 Å². The number of pyridine rings is 1. The van der Waals surface area contributed by atoms with E-state index in [1.165, 1.54) is 25.4 Å². The van der Waals surface area contributed by atoms with Crippen LogP contribution in [0.3, 0.4) is 0 Å². The van der Waals surface area contributed by atoms with Gasteiger partial charge < -0.3 is 20.1 Å². The number of anilines is 1. The van der Waals surface area contributed by atoms with E-state index in [2.05, 4.69) is 32.4 Å². The fraction of sp³-hybridized carbons (Fsp3) is 0.481. The number of halogens is 2. The summed E-state index contributed by atoms with van der Waals surface area (Å²) in [5.41, 5.74) is 1.28. The molecule has 0 amide bonds. The van der Waals surface area contributed by atoms with Crippen molar-refractivity contribution in [1.82, 2.24) is 25.5 Å². The van der Waals surface area contributed by atoms with Gasteiger partial charge in [-0.2, -0.15) is 0 Å². The number of nitrogens with zero attached hydrogens (tertiary/aromatic N) is 5. The molecule has 2 aromatic heterocycles. The molecule has 8 nitrogen and oxygen atoms in total. The molecule has 0 spiro atoms. The standard InChI is InChI=1S/C27H30F2N6O2/c1-26-8-9-27(2,34-26)23(29)21(12-26)35(17-5-6-17)25-31-14-20(32-33-25)18-7-4-15(11-22(18)36)16-10-19(28)24(37-3)30-13-16/h4,7,10-11,13-14,17,21,23,34,36H,5-6,8-9,12H2,1-3H3/t21-,23-,26-,27+/m1/s1. The molecule has 2 saturated heterocycles. The van der Waals surface area contributed by atoms with E-state index in [4.69, 9.17) is 4.74 Å². The Morgan fingerprint density at radius 3 is 2.54 bits per heavy atom. The van der Waals surface area contributed by atoms with Crippen LogP contribution in [0.2, 0.25) is 0 Å². The van der Waals surface area contributed by atoms with Crippen LogP contribution in [0.4, 0.5) is 14.7 Å². The Bertz CT molecular complexity index is 1340. The quantitative estimate of drug-likeness (QED) is 0.505. The molecule has 194 valence electrons. The van der Waals surface area contributed by atoms with E-state index in [1.54, 1.807) is 18.3 Å². The van der Waals surface area contributed by atoms with Gasteiger partial charge in [-0.15, -0.1) is 10.2 Å². The number of aromatic nitrogens is 4.